The monoisotopic (exact) mass is 219 g/mol. The predicted molar refractivity (Wildman–Crippen MR) is 52.9 cm³/mol. The van der Waals surface area contributed by atoms with E-state index in [9.17, 15) is 4.91 Å². The second kappa shape index (κ2) is 8.72. The number of ether oxygens (including phenoxy) is 4. The first-order valence-electron chi connectivity index (χ1n) is 5.07. The molecule has 0 aromatic carbocycles. The summed E-state index contributed by atoms with van der Waals surface area (Å²) in [4.78, 5) is 10.1. The van der Waals surface area contributed by atoms with Crippen molar-refractivity contribution in [2.45, 2.75) is 6.10 Å². The molecule has 1 atom stereocenters. The average Bonchev–Trinajstić information content (AvgIpc) is 2.22. The normalized spacial score (nSPS) is 26.3. The van der Waals surface area contributed by atoms with Crippen molar-refractivity contribution in [1.82, 2.24) is 0 Å². The van der Waals surface area contributed by atoms with Gasteiger partial charge in [0.2, 0.25) is 0 Å². The third kappa shape index (κ3) is 6.51. The van der Waals surface area contributed by atoms with Crippen molar-refractivity contribution in [3.05, 3.63) is 4.91 Å². The van der Waals surface area contributed by atoms with E-state index in [0.717, 1.165) is 0 Å². The van der Waals surface area contributed by atoms with Crippen molar-refractivity contribution in [1.29, 1.82) is 0 Å². The molecule has 1 unspecified atom stereocenters. The van der Waals surface area contributed by atoms with Crippen molar-refractivity contribution in [2.24, 2.45) is 5.18 Å². The van der Waals surface area contributed by atoms with Gasteiger partial charge >= 0.3 is 0 Å². The molecule has 15 heavy (non-hydrogen) atoms. The molecule has 1 heterocycles. The maximum atomic E-state index is 10.1. The summed E-state index contributed by atoms with van der Waals surface area (Å²) >= 11 is 0. The fraction of sp³-hybridized carbons (Fsp3) is 1.00. The number of nitroso groups, excluding NO2 is 1. The van der Waals surface area contributed by atoms with E-state index in [2.05, 4.69) is 5.18 Å². The zero-order valence-corrected chi connectivity index (χ0v) is 8.72. The molecule has 0 amide bonds. The highest BCUT2D eigenvalue weighted by molar-refractivity contribution is 4.60. The highest BCUT2D eigenvalue weighted by Crippen LogP contribution is 1.96. The lowest BCUT2D eigenvalue weighted by molar-refractivity contribution is -0.0633. The van der Waals surface area contributed by atoms with Crippen LogP contribution < -0.4 is 0 Å². The lowest BCUT2D eigenvalue weighted by atomic mass is 10.4. The zero-order chi connectivity index (χ0) is 10.8. The molecule has 0 bridgehead atoms. The molecule has 0 aromatic rings. The summed E-state index contributed by atoms with van der Waals surface area (Å²) < 4.78 is 21.1. The summed E-state index contributed by atoms with van der Waals surface area (Å²) in [5.74, 6) is 0. The number of hydrogen-bond donors (Lipinski definition) is 0. The minimum Gasteiger partial charge on any atom is -0.377 e. The van der Waals surface area contributed by atoms with Crippen LogP contribution >= 0.6 is 0 Å². The van der Waals surface area contributed by atoms with Crippen LogP contribution in [0, 0.1) is 4.91 Å². The Balaban J connectivity index is 2.22. The Morgan fingerprint density at radius 2 is 1.53 bits per heavy atom. The van der Waals surface area contributed by atoms with Crippen LogP contribution in [0.25, 0.3) is 0 Å². The van der Waals surface area contributed by atoms with E-state index in [1.165, 1.54) is 0 Å². The fourth-order valence-corrected chi connectivity index (χ4v) is 1.16. The fourth-order valence-electron chi connectivity index (χ4n) is 1.16. The predicted octanol–water partition coefficient (Wildman–Crippen LogP) is 0.201. The molecule has 88 valence electrons. The molecule has 0 spiro atoms. The standard InChI is InChI=1S/C9H17NO5/c11-10-7-9-8-14-4-3-12-1-2-13-5-6-15-9/h9H,1-8H2. The Bertz CT molecular complexity index is 155. The average molecular weight is 219 g/mol. The largest absolute Gasteiger partial charge is 0.377 e. The first-order chi connectivity index (χ1) is 7.43. The van der Waals surface area contributed by atoms with E-state index in [-0.39, 0.29) is 12.6 Å². The molecule has 1 aliphatic rings. The summed E-state index contributed by atoms with van der Waals surface area (Å²) in [7, 11) is 0. The Hall–Kier alpha value is -0.560. The van der Waals surface area contributed by atoms with Crippen molar-refractivity contribution >= 4 is 0 Å². The molecule has 0 aliphatic carbocycles. The van der Waals surface area contributed by atoms with Gasteiger partial charge in [-0.2, -0.15) is 4.91 Å². The molecule has 1 saturated heterocycles. The van der Waals surface area contributed by atoms with E-state index >= 15 is 0 Å². The van der Waals surface area contributed by atoms with Gasteiger partial charge < -0.3 is 18.9 Å². The van der Waals surface area contributed by atoms with Gasteiger partial charge in [0.1, 0.15) is 12.6 Å². The van der Waals surface area contributed by atoms with Crippen molar-refractivity contribution in [3.63, 3.8) is 0 Å². The highest BCUT2D eigenvalue weighted by atomic mass is 16.6. The zero-order valence-electron chi connectivity index (χ0n) is 8.72. The third-order valence-electron chi connectivity index (χ3n) is 1.91. The quantitative estimate of drug-likeness (QED) is 0.621. The van der Waals surface area contributed by atoms with Crippen molar-refractivity contribution < 1.29 is 18.9 Å². The molecule has 0 radical (unpaired) electrons. The summed E-state index contributed by atoms with van der Waals surface area (Å²) in [6.07, 6.45) is -0.273. The maximum Gasteiger partial charge on any atom is 0.110 e. The van der Waals surface area contributed by atoms with Crippen LogP contribution in [0.4, 0.5) is 0 Å². The Morgan fingerprint density at radius 1 is 0.933 bits per heavy atom. The lowest BCUT2D eigenvalue weighted by Crippen LogP contribution is -2.27. The SMILES string of the molecule is O=NCC1COCCOCCOCCO1. The molecule has 0 N–H and O–H groups in total. The molecular formula is C9H17NO5. The second-order valence-electron chi connectivity index (χ2n) is 3.10. The van der Waals surface area contributed by atoms with Gasteiger partial charge in [-0.25, -0.2) is 0 Å². The minimum atomic E-state index is -0.273. The summed E-state index contributed by atoms with van der Waals surface area (Å²) in [5.41, 5.74) is 0. The van der Waals surface area contributed by atoms with Gasteiger partial charge in [-0.3, -0.25) is 0 Å². The van der Waals surface area contributed by atoms with Crippen LogP contribution in [0.5, 0.6) is 0 Å². The van der Waals surface area contributed by atoms with Gasteiger partial charge in [0.25, 0.3) is 0 Å². The third-order valence-corrected chi connectivity index (χ3v) is 1.91. The van der Waals surface area contributed by atoms with Crippen LogP contribution in [-0.2, 0) is 18.9 Å². The smallest absolute Gasteiger partial charge is 0.110 e. The van der Waals surface area contributed by atoms with Crippen LogP contribution in [0.3, 0.4) is 0 Å². The van der Waals surface area contributed by atoms with Crippen LogP contribution in [-0.4, -0.2) is 58.9 Å². The van der Waals surface area contributed by atoms with E-state index in [1.54, 1.807) is 0 Å². The molecule has 1 fully saturated rings. The first-order valence-corrected chi connectivity index (χ1v) is 5.07. The van der Waals surface area contributed by atoms with Crippen molar-refractivity contribution in [2.75, 3.05) is 52.8 Å². The van der Waals surface area contributed by atoms with Crippen molar-refractivity contribution in [3.8, 4) is 0 Å². The molecular weight excluding hydrogens is 202 g/mol. The van der Waals surface area contributed by atoms with Gasteiger partial charge in [0.15, 0.2) is 0 Å². The van der Waals surface area contributed by atoms with E-state index in [4.69, 9.17) is 18.9 Å². The Morgan fingerprint density at radius 3 is 2.20 bits per heavy atom. The highest BCUT2D eigenvalue weighted by Gasteiger charge is 2.10. The summed E-state index contributed by atoms with van der Waals surface area (Å²) in [6, 6.07) is 0. The Kier molecular flexibility index (Phi) is 7.28. The van der Waals surface area contributed by atoms with Gasteiger partial charge in [-0.05, 0) is 0 Å². The molecule has 6 heteroatoms. The van der Waals surface area contributed by atoms with Gasteiger partial charge in [0.05, 0.1) is 46.2 Å². The summed E-state index contributed by atoms with van der Waals surface area (Å²) in [6.45, 7) is 3.59. The van der Waals surface area contributed by atoms with E-state index in [0.29, 0.717) is 46.2 Å². The van der Waals surface area contributed by atoms with Gasteiger partial charge in [0, 0.05) is 0 Å². The second-order valence-corrected chi connectivity index (χ2v) is 3.10. The number of rotatable bonds is 2. The first kappa shape index (κ1) is 12.5. The molecule has 0 saturated carbocycles. The van der Waals surface area contributed by atoms with E-state index in [1.807, 2.05) is 0 Å². The Labute approximate surface area is 88.8 Å². The number of nitrogens with zero attached hydrogens (tertiary/aromatic N) is 1. The topological polar surface area (TPSA) is 66.4 Å². The lowest BCUT2D eigenvalue weighted by Gasteiger charge is -2.16. The number of hydrogen-bond acceptors (Lipinski definition) is 6. The molecule has 1 rings (SSSR count). The van der Waals surface area contributed by atoms with Gasteiger partial charge in [-0.1, -0.05) is 5.18 Å². The maximum absolute atomic E-state index is 10.1. The van der Waals surface area contributed by atoms with Crippen LogP contribution in [0.15, 0.2) is 5.18 Å². The summed E-state index contributed by atoms with van der Waals surface area (Å²) in [5, 5.41) is 2.80. The molecule has 0 aromatic heterocycles. The molecule has 6 nitrogen and oxygen atoms in total. The molecule has 1 aliphatic heterocycles. The van der Waals surface area contributed by atoms with E-state index < -0.39 is 0 Å². The van der Waals surface area contributed by atoms with Gasteiger partial charge in [-0.15, -0.1) is 0 Å². The van der Waals surface area contributed by atoms with Crippen LogP contribution in [0.2, 0.25) is 0 Å². The van der Waals surface area contributed by atoms with Crippen LogP contribution in [0.1, 0.15) is 0 Å². The minimum absolute atomic E-state index is 0.112.